The van der Waals surface area contributed by atoms with Crippen molar-refractivity contribution < 1.29 is 21.6 Å². The zero-order valence-corrected chi connectivity index (χ0v) is 27.7. The third kappa shape index (κ3) is 6.70. The molecule has 2 saturated heterocycles. The van der Waals surface area contributed by atoms with E-state index in [2.05, 4.69) is 27.1 Å². The smallest absolute Gasteiger partial charge is 0.276 e. The number of nitrogens with one attached hydrogen (secondary N) is 1. The van der Waals surface area contributed by atoms with Crippen molar-refractivity contribution in [3.8, 4) is 0 Å². The number of anilines is 1. The van der Waals surface area contributed by atoms with Gasteiger partial charge in [0.05, 0.1) is 28.5 Å². The molecule has 46 heavy (non-hydrogen) atoms. The normalized spacial score (nSPS) is 27.3. The summed E-state index contributed by atoms with van der Waals surface area (Å²) in [5, 5.41) is 3.82. The van der Waals surface area contributed by atoms with E-state index in [4.69, 9.17) is 0 Å². The largest absolute Gasteiger partial charge is 0.363 e. The summed E-state index contributed by atoms with van der Waals surface area (Å²) in [5.41, 5.74) is 0.311. The van der Waals surface area contributed by atoms with Crippen molar-refractivity contribution in [2.24, 2.45) is 5.92 Å². The second-order valence-electron chi connectivity index (χ2n) is 13.7. The average Bonchev–Trinajstić information content (AvgIpc) is 2.97. The number of aryl methyl sites for hydroxylation is 2. The minimum atomic E-state index is -3.31. The molecule has 7 rings (SSSR count). The fraction of sp³-hybridized carbons (Fsp3) is 0.618. The first-order chi connectivity index (χ1) is 21.8. The Morgan fingerprint density at radius 2 is 1.70 bits per heavy atom. The highest BCUT2D eigenvalue weighted by Gasteiger charge is 2.42. The summed E-state index contributed by atoms with van der Waals surface area (Å²) in [6, 6.07) is 5.47. The maximum atomic E-state index is 15.9. The first-order valence-corrected chi connectivity index (χ1v) is 18.4. The molecular weight excluding hydrogens is 615 g/mol. The SMILES string of the molecule is Cc1nc2c3cc(C4CCS(=O)(=O)CC4)c(=O)n(c3n1)CCCCCCC(C)N1CC(C1)CC(F)(F)c1cccc(c1F)[C@@H](C)N2. The second-order valence-corrected chi connectivity index (χ2v) is 16.0. The zero-order valence-electron chi connectivity index (χ0n) is 26.9. The van der Waals surface area contributed by atoms with Gasteiger partial charge in [-0.15, -0.1) is 0 Å². The van der Waals surface area contributed by atoms with E-state index in [9.17, 15) is 13.2 Å². The van der Waals surface area contributed by atoms with E-state index in [1.807, 2.05) is 0 Å². The summed E-state index contributed by atoms with van der Waals surface area (Å²) in [4.78, 5) is 25.5. The van der Waals surface area contributed by atoms with Gasteiger partial charge in [-0.25, -0.2) is 31.6 Å². The number of benzene rings is 1. The van der Waals surface area contributed by atoms with Crippen LogP contribution in [0.3, 0.4) is 0 Å². The predicted octanol–water partition coefficient (Wildman–Crippen LogP) is 6.47. The fourth-order valence-corrected chi connectivity index (χ4v) is 8.94. The molecule has 12 heteroatoms. The standard InChI is InChI=1S/C34H44F3N5O3S/c1-21-9-6-4-5-7-14-42-32-28(17-27(33(42)43)25-12-15-46(44,45)16-13-25)31(39-23(3)40-32)38-22(2)26-10-8-11-29(30(26)35)34(36,37)18-24-19-41(21)20-24/h8,10-11,17,21-22,24-25H,4-7,9,12-16,18-20H2,1-3H3,(H,38,39,40)/t21?,22-/m1/s1. The lowest BCUT2D eigenvalue weighted by Crippen LogP contribution is -2.52. The van der Waals surface area contributed by atoms with Crippen LogP contribution in [-0.2, 0) is 22.3 Å². The maximum absolute atomic E-state index is 15.9. The van der Waals surface area contributed by atoms with Gasteiger partial charge in [-0.1, -0.05) is 37.5 Å². The van der Waals surface area contributed by atoms with Crippen LogP contribution in [0.25, 0.3) is 11.0 Å². The van der Waals surface area contributed by atoms with E-state index in [1.165, 1.54) is 18.2 Å². The van der Waals surface area contributed by atoms with Crippen molar-refractivity contribution in [2.75, 3.05) is 29.9 Å². The van der Waals surface area contributed by atoms with Gasteiger partial charge >= 0.3 is 0 Å². The van der Waals surface area contributed by atoms with Crippen molar-refractivity contribution in [1.82, 2.24) is 19.4 Å². The average molecular weight is 660 g/mol. The number of hydrogen-bond acceptors (Lipinski definition) is 7. The first-order valence-electron chi connectivity index (χ1n) is 16.6. The summed E-state index contributed by atoms with van der Waals surface area (Å²) in [6.45, 7) is 7.18. The molecule has 6 heterocycles. The van der Waals surface area contributed by atoms with Crippen molar-refractivity contribution in [3.05, 3.63) is 63.0 Å². The van der Waals surface area contributed by atoms with E-state index in [-0.39, 0.29) is 40.5 Å². The number of halogens is 3. The van der Waals surface area contributed by atoms with Gasteiger partial charge < -0.3 is 10.2 Å². The third-order valence-corrected chi connectivity index (χ3v) is 11.9. The Morgan fingerprint density at radius 1 is 0.978 bits per heavy atom. The Hall–Kier alpha value is -2.99. The maximum Gasteiger partial charge on any atom is 0.276 e. The molecule has 0 radical (unpaired) electrons. The summed E-state index contributed by atoms with van der Waals surface area (Å²) >= 11 is 0. The highest BCUT2D eigenvalue weighted by Crippen LogP contribution is 2.41. The molecule has 1 N–H and O–H groups in total. The van der Waals surface area contributed by atoms with Gasteiger partial charge in [-0.05, 0) is 64.4 Å². The van der Waals surface area contributed by atoms with E-state index in [1.54, 1.807) is 24.5 Å². The molecular formula is C34H44F3N5O3S. The molecule has 4 aliphatic rings. The summed E-state index contributed by atoms with van der Waals surface area (Å²) in [6.07, 6.45) is 4.96. The molecule has 1 aromatic carbocycles. The highest BCUT2D eigenvalue weighted by atomic mass is 32.2. The molecule has 8 nitrogen and oxygen atoms in total. The lowest BCUT2D eigenvalue weighted by Gasteiger charge is -2.44. The van der Waals surface area contributed by atoms with Gasteiger partial charge in [0.1, 0.15) is 32.9 Å². The topological polar surface area (TPSA) is 97.2 Å². The monoisotopic (exact) mass is 659 g/mol. The molecule has 2 aromatic heterocycles. The van der Waals surface area contributed by atoms with Crippen LogP contribution >= 0.6 is 0 Å². The molecule has 0 amide bonds. The molecule has 0 saturated carbocycles. The number of pyridine rings is 1. The summed E-state index contributed by atoms with van der Waals surface area (Å²) in [5.74, 6) is -3.82. The van der Waals surface area contributed by atoms with E-state index in [0.29, 0.717) is 60.7 Å². The van der Waals surface area contributed by atoms with Crippen LogP contribution in [-0.4, -0.2) is 58.5 Å². The number of sulfone groups is 1. The Morgan fingerprint density at radius 3 is 2.43 bits per heavy atom. The van der Waals surface area contributed by atoms with Gasteiger partial charge in [0.2, 0.25) is 0 Å². The predicted molar refractivity (Wildman–Crippen MR) is 174 cm³/mol. The number of nitrogens with zero attached hydrogens (tertiary/aromatic N) is 4. The Bertz CT molecular complexity index is 1760. The van der Waals surface area contributed by atoms with Crippen LogP contribution in [0.1, 0.15) is 99.7 Å². The molecule has 2 fully saturated rings. The summed E-state index contributed by atoms with van der Waals surface area (Å²) < 4.78 is 73.2. The minimum Gasteiger partial charge on any atom is -0.363 e. The van der Waals surface area contributed by atoms with Crippen LogP contribution in [0.4, 0.5) is 19.0 Å². The molecule has 2 atom stereocenters. The van der Waals surface area contributed by atoms with Gasteiger partial charge in [0.25, 0.3) is 11.5 Å². The van der Waals surface area contributed by atoms with Crippen LogP contribution in [0, 0.1) is 18.7 Å². The first kappa shape index (κ1) is 32.9. The van der Waals surface area contributed by atoms with E-state index >= 15 is 13.2 Å². The Labute approximate surface area is 268 Å². The van der Waals surface area contributed by atoms with Gasteiger partial charge in [-0.3, -0.25) is 9.36 Å². The Kier molecular flexibility index (Phi) is 9.23. The van der Waals surface area contributed by atoms with Crippen LogP contribution in [0.2, 0.25) is 0 Å². The number of rotatable bonds is 1. The number of fused-ring (bicyclic) bond motifs is 8. The van der Waals surface area contributed by atoms with Crippen LogP contribution < -0.4 is 10.9 Å². The van der Waals surface area contributed by atoms with Crippen molar-refractivity contribution in [1.29, 1.82) is 0 Å². The Balaban J connectivity index is 1.43. The fourth-order valence-electron chi connectivity index (χ4n) is 7.45. The van der Waals surface area contributed by atoms with Gasteiger partial charge in [-0.2, -0.15) is 0 Å². The molecule has 4 aliphatic heterocycles. The summed E-state index contributed by atoms with van der Waals surface area (Å²) in [7, 11) is -3.14. The minimum absolute atomic E-state index is 0.0263. The van der Waals surface area contributed by atoms with Crippen LogP contribution in [0.15, 0.2) is 29.1 Å². The lowest BCUT2D eigenvalue weighted by atomic mass is 9.87. The van der Waals surface area contributed by atoms with Crippen LogP contribution in [0.5, 0.6) is 0 Å². The lowest BCUT2D eigenvalue weighted by molar-refractivity contribution is -0.0663. The quantitative estimate of drug-likeness (QED) is 0.320. The van der Waals surface area contributed by atoms with Crippen molar-refractivity contribution >= 4 is 26.7 Å². The van der Waals surface area contributed by atoms with Gasteiger partial charge in [0, 0.05) is 43.2 Å². The second kappa shape index (κ2) is 12.9. The molecule has 0 spiro atoms. The van der Waals surface area contributed by atoms with E-state index < -0.39 is 39.6 Å². The molecule has 8 bridgehead atoms. The number of aromatic nitrogens is 3. The number of alkyl halides is 2. The highest BCUT2D eigenvalue weighted by molar-refractivity contribution is 7.91. The van der Waals surface area contributed by atoms with Crippen molar-refractivity contribution in [2.45, 2.75) is 103 Å². The van der Waals surface area contributed by atoms with E-state index in [0.717, 1.165) is 32.1 Å². The molecule has 1 unspecified atom stereocenters. The molecule has 0 aliphatic carbocycles. The number of hydrogen-bond donors (Lipinski definition) is 1. The molecule has 250 valence electrons. The zero-order chi connectivity index (χ0) is 32.8. The van der Waals surface area contributed by atoms with Gasteiger partial charge in [0.15, 0.2) is 0 Å². The third-order valence-electron chi connectivity index (χ3n) is 10.2. The molecule has 3 aromatic rings. The van der Waals surface area contributed by atoms with Crippen molar-refractivity contribution in [3.63, 3.8) is 0 Å².